The van der Waals surface area contributed by atoms with Gasteiger partial charge in [0.1, 0.15) is 5.75 Å². The normalized spacial score (nSPS) is 15.9. The molecular weight excluding hydrogens is 328 g/mol. The zero-order valence-corrected chi connectivity index (χ0v) is 15.2. The Morgan fingerprint density at radius 2 is 1.79 bits per heavy atom. The number of nitrogens with zero attached hydrogens (tertiary/aromatic N) is 1. The van der Waals surface area contributed by atoms with Crippen LogP contribution in [0.1, 0.15) is 33.6 Å². The van der Waals surface area contributed by atoms with E-state index in [0.29, 0.717) is 23.9 Å². The number of hydrogen-bond acceptors (Lipinski definition) is 3. The maximum Gasteiger partial charge on any atom is 0.260 e. The highest BCUT2D eigenvalue weighted by molar-refractivity contribution is 6.30. The van der Waals surface area contributed by atoms with Crippen LogP contribution in [0.2, 0.25) is 5.02 Å². The molecule has 2 rings (SSSR count). The van der Waals surface area contributed by atoms with Crippen LogP contribution >= 0.6 is 11.6 Å². The number of carbonyl (C=O) groups is 2. The van der Waals surface area contributed by atoms with Crippen molar-refractivity contribution in [3.05, 3.63) is 29.3 Å². The van der Waals surface area contributed by atoms with Gasteiger partial charge in [-0.1, -0.05) is 32.4 Å². The van der Waals surface area contributed by atoms with E-state index in [4.69, 9.17) is 16.3 Å². The SMILES string of the molecule is CC(C)(C)C(=O)NC1CCN(C(=O)COc2ccc(Cl)cc2)CC1. The molecule has 1 saturated heterocycles. The Bertz CT molecular complexity index is 573. The van der Waals surface area contributed by atoms with E-state index in [1.807, 2.05) is 20.8 Å². The van der Waals surface area contributed by atoms with Gasteiger partial charge >= 0.3 is 0 Å². The van der Waals surface area contributed by atoms with Crippen molar-refractivity contribution < 1.29 is 14.3 Å². The summed E-state index contributed by atoms with van der Waals surface area (Å²) in [5.41, 5.74) is -0.390. The molecular formula is C18H25ClN2O3. The highest BCUT2D eigenvalue weighted by Gasteiger charge is 2.27. The first kappa shape index (κ1) is 18.6. The second-order valence-electron chi connectivity index (χ2n) is 7.12. The Balaban J connectivity index is 1.74. The molecule has 1 aliphatic heterocycles. The quantitative estimate of drug-likeness (QED) is 0.906. The summed E-state index contributed by atoms with van der Waals surface area (Å²) < 4.78 is 5.49. The predicted molar refractivity (Wildman–Crippen MR) is 94.1 cm³/mol. The largest absolute Gasteiger partial charge is 0.484 e. The molecule has 0 atom stereocenters. The van der Waals surface area contributed by atoms with Gasteiger partial charge in [0, 0.05) is 29.6 Å². The summed E-state index contributed by atoms with van der Waals surface area (Å²) in [7, 11) is 0. The number of rotatable bonds is 4. The number of benzene rings is 1. The summed E-state index contributed by atoms with van der Waals surface area (Å²) in [5.74, 6) is 0.643. The van der Waals surface area contributed by atoms with E-state index < -0.39 is 0 Å². The number of nitrogens with one attached hydrogen (secondary N) is 1. The molecule has 1 aromatic carbocycles. The Labute approximate surface area is 148 Å². The van der Waals surface area contributed by atoms with E-state index >= 15 is 0 Å². The number of amides is 2. The van der Waals surface area contributed by atoms with E-state index in [9.17, 15) is 9.59 Å². The van der Waals surface area contributed by atoms with Gasteiger partial charge in [0.15, 0.2) is 6.61 Å². The van der Waals surface area contributed by atoms with E-state index in [2.05, 4.69) is 5.32 Å². The van der Waals surface area contributed by atoms with Gasteiger partial charge in [0.2, 0.25) is 5.91 Å². The third-order valence-electron chi connectivity index (χ3n) is 4.04. The Morgan fingerprint density at radius 3 is 2.33 bits per heavy atom. The molecule has 1 heterocycles. The molecule has 2 amide bonds. The van der Waals surface area contributed by atoms with Crippen LogP contribution in [0, 0.1) is 5.41 Å². The van der Waals surface area contributed by atoms with E-state index in [0.717, 1.165) is 12.8 Å². The lowest BCUT2D eigenvalue weighted by Crippen LogP contribution is -2.49. The van der Waals surface area contributed by atoms with Crippen molar-refractivity contribution in [1.82, 2.24) is 10.2 Å². The average molecular weight is 353 g/mol. The van der Waals surface area contributed by atoms with Crippen molar-refractivity contribution in [2.45, 2.75) is 39.7 Å². The first-order valence-corrected chi connectivity index (χ1v) is 8.60. The monoisotopic (exact) mass is 352 g/mol. The Kier molecular flexibility index (Phi) is 6.10. The Morgan fingerprint density at radius 1 is 1.21 bits per heavy atom. The van der Waals surface area contributed by atoms with Crippen molar-refractivity contribution >= 4 is 23.4 Å². The van der Waals surface area contributed by atoms with Gasteiger partial charge < -0.3 is 15.0 Å². The van der Waals surface area contributed by atoms with Crippen molar-refractivity contribution in [1.29, 1.82) is 0 Å². The first-order chi connectivity index (χ1) is 11.3. The van der Waals surface area contributed by atoms with E-state index in [1.165, 1.54) is 0 Å². The van der Waals surface area contributed by atoms with Crippen LogP contribution in [0.4, 0.5) is 0 Å². The minimum Gasteiger partial charge on any atom is -0.484 e. The fraction of sp³-hybridized carbons (Fsp3) is 0.556. The molecule has 0 radical (unpaired) electrons. The minimum atomic E-state index is -0.390. The van der Waals surface area contributed by atoms with Gasteiger partial charge in [0.25, 0.3) is 5.91 Å². The van der Waals surface area contributed by atoms with Gasteiger partial charge in [-0.25, -0.2) is 0 Å². The van der Waals surface area contributed by atoms with Gasteiger partial charge in [-0.05, 0) is 37.1 Å². The smallest absolute Gasteiger partial charge is 0.260 e. The maximum absolute atomic E-state index is 12.2. The zero-order valence-electron chi connectivity index (χ0n) is 14.5. The molecule has 0 aliphatic carbocycles. The lowest BCUT2D eigenvalue weighted by Gasteiger charge is -2.33. The van der Waals surface area contributed by atoms with Crippen LogP contribution in [0.15, 0.2) is 24.3 Å². The van der Waals surface area contributed by atoms with Crippen LogP contribution < -0.4 is 10.1 Å². The summed E-state index contributed by atoms with van der Waals surface area (Å²) in [5, 5.41) is 3.69. The molecule has 1 N–H and O–H groups in total. The third kappa shape index (κ3) is 5.41. The summed E-state index contributed by atoms with van der Waals surface area (Å²) >= 11 is 5.81. The molecule has 0 aromatic heterocycles. The lowest BCUT2D eigenvalue weighted by atomic mass is 9.94. The number of ether oxygens (including phenoxy) is 1. The van der Waals surface area contributed by atoms with Crippen LogP contribution in [-0.2, 0) is 9.59 Å². The fourth-order valence-corrected chi connectivity index (χ4v) is 2.57. The van der Waals surface area contributed by atoms with Crippen molar-refractivity contribution in [3.63, 3.8) is 0 Å². The molecule has 132 valence electrons. The molecule has 1 fully saturated rings. The number of carbonyl (C=O) groups excluding carboxylic acids is 2. The number of piperidine rings is 1. The van der Waals surface area contributed by atoms with Crippen LogP contribution in [0.5, 0.6) is 5.75 Å². The van der Waals surface area contributed by atoms with Crippen LogP contribution in [-0.4, -0.2) is 42.5 Å². The second-order valence-corrected chi connectivity index (χ2v) is 7.56. The van der Waals surface area contributed by atoms with Crippen LogP contribution in [0.25, 0.3) is 0 Å². The van der Waals surface area contributed by atoms with Gasteiger partial charge in [0.05, 0.1) is 0 Å². The minimum absolute atomic E-state index is 0.0145. The molecule has 24 heavy (non-hydrogen) atoms. The molecule has 0 unspecified atom stereocenters. The maximum atomic E-state index is 12.2. The van der Waals surface area contributed by atoms with Gasteiger partial charge in [-0.3, -0.25) is 9.59 Å². The third-order valence-corrected chi connectivity index (χ3v) is 4.29. The lowest BCUT2D eigenvalue weighted by molar-refractivity contribution is -0.134. The Hall–Kier alpha value is -1.75. The van der Waals surface area contributed by atoms with Crippen LogP contribution in [0.3, 0.4) is 0 Å². The second kappa shape index (κ2) is 7.88. The fourth-order valence-electron chi connectivity index (χ4n) is 2.44. The zero-order chi connectivity index (χ0) is 17.7. The standard InChI is InChI=1S/C18H25ClN2O3/c1-18(2,3)17(23)20-14-8-10-21(11-9-14)16(22)12-24-15-6-4-13(19)5-7-15/h4-7,14H,8-12H2,1-3H3,(H,20,23). The molecule has 1 aliphatic rings. The molecule has 0 saturated carbocycles. The molecule has 0 spiro atoms. The summed E-state index contributed by atoms with van der Waals surface area (Å²) in [4.78, 5) is 26.0. The summed E-state index contributed by atoms with van der Waals surface area (Å²) in [6.45, 7) is 6.98. The summed E-state index contributed by atoms with van der Waals surface area (Å²) in [6.07, 6.45) is 1.54. The summed E-state index contributed by atoms with van der Waals surface area (Å²) in [6, 6.07) is 7.07. The van der Waals surface area contributed by atoms with E-state index in [1.54, 1.807) is 29.2 Å². The van der Waals surface area contributed by atoms with Crippen molar-refractivity contribution in [2.75, 3.05) is 19.7 Å². The van der Waals surface area contributed by atoms with E-state index in [-0.39, 0.29) is 29.9 Å². The number of hydrogen-bond donors (Lipinski definition) is 1. The molecule has 5 nitrogen and oxygen atoms in total. The van der Waals surface area contributed by atoms with Gasteiger partial charge in [-0.15, -0.1) is 0 Å². The highest BCUT2D eigenvalue weighted by atomic mass is 35.5. The van der Waals surface area contributed by atoms with Crippen molar-refractivity contribution in [3.8, 4) is 5.75 Å². The number of likely N-dealkylation sites (tertiary alicyclic amines) is 1. The topological polar surface area (TPSA) is 58.6 Å². The highest BCUT2D eigenvalue weighted by Crippen LogP contribution is 2.18. The molecule has 0 bridgehead atoms. The average Bonchev–Trinajstić information content (AvgIpc) is 2.54. The first-order valence-electron chi connectivity index (χ1n) is 8.23. The number of halogens is 1. The predicted octanol–water partition coefficient (Wildman–Crippen LogP) is 2.87. The molecule has 1 aromatic rings. The van der Waals surface area contributed by atoms with Crippen molar-refractivity contribution in [2.24, 2.45) is 5.41 Å². The molecule has 6 heteroatoms. The van der Waals surface area contributed by atoms with Gasteiger partial charge in [-0.2, -0.15) is 0 Å².